The molecule has 15 heavy (non-hydrogen) atoms. The van der Waals surface area contributed by atoms with Gasteiger partial charge in [0.25, 0.3) is 0 Å². The maximum Gasteiger partial charge on any atom is 0.236 e. The van der Waals surface area contributed by atoms with Gasteiger partial charge in [-0.2, -0.15) is 0 Å². The van der Waals surface area contributed by atoms with Crippen LogP contribution in [0.1, 0.15) is 13.8 Å². The van der Waals surface area contributed by atoms with E-state index in [-0.39, 0.29) is 11.9 Å². The van der Waals surface area contributed by atoms with E-state index in [4.69, 9.17) is 4.74 Å². The maximum atomic E-state index is 11.7. The van der Waals surface area contributed by atoms with Crippen LogP contribution < -0.4 is 5.32 Å². The Hall–Kier alpha value is -0.870. The average Bonchev–Trinajstić information content (AvgIpc) is 2.19. The van der Waals surface area contributed by atoms with Crippen molar-refractivity contribution >= 4 is 5.91 Å². The predicted molar refractivity (Wildman–Crippen MR) is 61.8 cm³/mol. The van der Waals surface area contributed by atoms with Gasteiger partial charge in [0, 0.05) is 20.2 Å². The Balaban J connectivity index is 4.02. The second-order valence-electron chi connectivity index (χ2n) is 3.40. The van der Waals surface area contributed by atoms with E-state index >= 15 is 0 Å². The largest absolute Gasteiger partial charge is 0.383 e. The first kappa shape index (κ1) is 14.1. The highest BCUT2D eigenvalue weighted by atomic mass is 16.5. The quantitative estimate of drug-likeness (QED) is 0.476. The monoisotopic (exact) mass is 214 g/mol. The lowest BCUT2D eigenvalue weighted by molar-refractivity contribution is -0.133. The Morgan fingerprint density at radius 1 is 1.67 bits per heavy atom. The van der Waals surface area contributed by atoms with Crippen molar-refractivity contribution in [1.29, 1.82) is 0 Å². The van der Waals surface area contributed by atoms with Crippen LogP contribution in [-0.4, -0.2) is 50.2 Å². The molecule has 1 atom stereocenters. The molecular weight excluding hydrogens is 192 g/mol. The Bertz CT molecular complexity index is 195. The summed E-state index contributed by atoms with van der Waals surface area (Å²) < 4.78 is 5.03. The number of likely N-dealkylation sites (N-methyl/N-ethyl adjacent to an activating group) is 1. The molecule has 4 nitrogen and oxygen atoms in total. The first-order valence-electron chi connectivity index (χ1n) is 5.27. The highest BCUT2D eigenvalue weighted by molar-refractivity contribution is 5.78. The lowest BCUT2D eigenvalue weighted by Crippen LogP contribution is -2.45. The summed E-state index contributed by atoms with van der Waals surface area (Å²) >= 11 is 0. The third-order valence-corrected chi connectivity index (χ3v) is 2.17. The molecule has 0 saturated heterocycles. The second kappa shape index (κ2) is 8.44. The van der Waals surface area contributed by atoms with Crippen LogP contribution >= 0.6 is 0 Å². The first-order chi connectivity index (χ1) is 7.17. The van der Waals surface area contributed by atoms with E-state index < -0.39 is 0 Å². The van der Waals surface area contributed by atoms with Crippen molar-refractivity contribution in [3.8, 4) is 0 Å². The minimum atomic E-state index is 0.101. The molecule has 0 radical (unpaired) electrons. The van der Waals surface area contributed by atoms with Gasteiger partial charge in [0.05, 0.1) is 19.2 Å². The molecule has 1 N–H and O–H groups in total. The molecule has 0 rings (SSSR count). The molecule has 0 aromatic carbocycles. The summed E-state index contributed by atoms with van der Waals surface area (Å²) in [6, 6.07) is 0.123. The minimum absolute atomic E-state index is 0.101. The van der Waals surface area contributed by atoms with Crippen molar-refractivity contribution in [3.63, 3.8) is 0 Å². The Morgan fingerprint density at radius 2 is 2.33 bits per heavy atom. The van der Waals surface area contributed by atoms with E-state index in [1.54, 1.807) is 18.1 Å². The van der Waals surface area contributed by atoms with Gasteiger partial charge in [0.1, 0.15) is 0 Å². The summed E-state index contributed by atoms with van der Waals surface area (Å²) in [6.45, 7) is 9.82. The summed E-state index contributed by atoms with van der Waals surface area (Å²) in [5.41, 5.74) is 0. The third kappa shape index (κ3) is 5.54. The SMILES string of the molecule is C=CCNCC(=O)N(CC)C(C)COC. The number of carbonyl (C=O) groups is 1. The summed E-state index contributed by atoms with van der Waals surface area (Å²) in [5, 5.41) is 3.00. The molecular formula is C11H22N2O2. The first-order valence-corrected chi connectivity index (χ1v) is 5.27. The van der Waals surface area contributed by atoms with Crippen LogP contribution in [0.2, 0.25) is 0 Å². The van der Waals surface area contributed by atoms with E-state index in [2.05, 4.69) is 11.9 Å². The smallest absolute Gasteiger partial charge is 0.236 e. The Kier molecular flexibility index (Phi) is 7.95. The molecule has 1 unspecified atom stereocenters. The van der Waals surface area contributed by atoms with Gasteiger partial charge in [0.15, 0.2) is 0 Å². The van der Waals surface area contributed by atoms with Crippen molar-refractivity contribution in [3.05, 3.63) is 12.7 Å². The molecule has 0 bridgehead atoms. The number of carbonyl (C=O) groups excluding carboxylic acids is 1. The van der Waals surface area contributed by atoms with Gasteiger partial charge in [-0.15, -0.1) is 6.58 Å². The van der Waals surface area contributed by atoms with E-state index in [9.17, 15) is 4.79 Å². The highest BCUT2D eigenvalue weighted by Gasteiger charge is 2.17. The summed E-state index contributed by atoms with van der Waals surface area (Å²) in [6.07, 6.45) is 1.74. The van der Waals surface area contributed by atoms with E-state index in [0.717, 1.165) is 0 Å². The molecule has 0 aliphatic carbocycles. The number of rotatable bonds is 8. The van der Waals surface area contributed by atoms with Crippen LogP contribution in [0.25, 0.3) is 0 Å². The number of ether oxygens (including phenoxy) is 1. The number of nitrogens with one attached hydrogen (secondary N) is 1. The molecule has 1 amide bonds. The fourth-order valence-electron chi connectivity index (χ4n) is 1.45. The van der Waals surface area contributed by atoms with Crippen LogP contribution in [-0.2, 0) is 9.53 Å². The summed E-state index contributed by atoms with van der Waals surface area (Å²) in [7, 11) is 1.64. The minimum Gasteiger partial charge on any atom is -0.383 e. The van der Waals surface area contributed by atoms with Crippen LogP contribution in [0.3, 0.4) is 0 Å². The number of amides is 1. The van der Waals surface area contributed by atoms with Crippen LogP contribution in [0.4, 0.5) is 0 Å². The average molecular weight is 214 g/mol. The van der Waals surface area contributed by atoms with Gasteiger partial charge in [-0.1, -0.05) is 6.08 Å². The zero-order chi connectivity index (χ0) is 11.7. The van der Waals surface area contributed by atoms with Crippen LogP contribution in [0.5, 0.6) is 0 Å². The van der Waals surface area contributed by atoms with Crippen molar-refractivity contribution in [1.82, 2.24) is 10.2 Å². The van der Waals surface area contributed by atoms with Gasteiger partial charge >= 0.3 is 0 Å². The molecule has 88 valence electrons. The lowest BCUT2D eigenvalue weighted by Gasteiger charge is -2.27. The molecule has 0 fully saturated rings. The molecule has 0 heterocycles. The zero-order valence-electron chi connectivity index (χ0n) is 9.95. The third-order valence-electron chi connectivity index (χ3n) is 2.17. The molecule has 0 aliphatic rings. The van der Waals surface area contributed by atoms with Gasteiger partial charge in [0.2, 0.25) is 5.91 Å². The molecule has 0 saturated carbocycles. The molecule has 0 aromatic heterocycles. The van der Waals surface area contributed by atoms with E-state index in [1.807, 2.05) is 13.8 Å². The number of hydrogen-bond acceptors (Lipinski definition) is 3. The van der Waals surface area contributed by atoms with Gasteiger partial charge < -0.3 is 15.0 Å². The normalized spacial score (nSPS) is 12.2. The number of hydrogen-bond donors (Lipinski definition) is 1. The summed E-state index contributed by atoms with van der Waals surface area (Å²) in [5.74, 6) is 0.101. The topological polar surface area (TPSA) is 41.6 Å². The standard InChI is InChI=1S/C11H22N2O2/c1-5-7-12-8-11(14)13(6-2)10(3)9-15-4/h5,10,12H,1,6-9H2,2-4H3. The summed E-state index contributed by atoms with van der Waals surface area (Å²) in [4.78, 5) is 13.5. The van der Waals surface area contributed by atoms with Crippen LogP contribution in [0, 0.1) is 0 Å². The second-order valence-corrected chi connectivity index (χ2v) is 3.40. The van der Waals surface area contributed by atoms with Crippen molar-refractivity contribution in [2.75, 3.05) is 33.4 Å². The number of methoxy groups -OCH3 is 1. The van der Waals surface area contributed by atoms with Gasteiger partial charge in [-0.25, -0.2) is 0 Å². The fourth-order valence-corrected chi connectivity index (χ4v) is 1.45. The van der Waals surface area contributed by atoms with E-state index in [0.29, 0.717) is 26.2 Å². The molecule has 4 heteroatoms. The maximum absolute atomic E-state index is 11.7. The molecule has 0 aromatic rings. The zero-order valence-corrected chi connectivity index (χ0v) is 9.95. The predicted octanol–water partition coefficient (Wildman–Crippen LogP) is 0.645. The molecule has 0 spiro atoms. The molecule has 0 aliphatic heterocycles. The van der Waals surface area contributed by atoms with Crippen molar-refractivity contribution in [2.45, 2.75) is 19.9 Å². The van der Waals surface area contributed by atoms with Crippen molar-refractivity contribution < 1.29 is 9.53 Å². The highest BCUT2D eigenvalue weighted by Crippen LogP contribution is 1.99. The van der Waals surface area contributed by atoms with E-state index in [1.165, 1.54) is 0 Å². The Morgan fingerprint density at radius 3 is 2.80 bits per heavy atom. The lowest BCUT2D eigenvalue weighted by atomic mass is 10.3. The van der Waals surface area contributed by atoms with Crippen molar-refractivity contribution in [2.24, 2.45) is 0 Å². The Labute approximate surface area is 92.3 Å². The van der Waals surface area contributed by atoms with Gasteiger partial charge in [-0.05, 0) is 13.8 Å². The number of nitrogens with zero attached hydrogens (tertiary/aromatic N) is 1. The fraction of sp³-hybridized carbons (Fsp3) is 0.727. The van der Waals surface area contributed by atoms with Crippen LogP contribution in [0.15, 0.2) is 12.7 Å². The van der Waals surface area contributed by atoms with Gasteiger partial charge in [-0.3, -0.25) is 4.79 Å².